The maximum atomic E-state index is 10.7. The van der Waals surface area contributed by atoms with Gasteiger partial charge in [-0.15, -0.1) is 0 Å². The highest BCUT2D eigenvalue weighted by atomic mass is 35.7. The number of halogens is 1. The average Bonchev–Trinajstić information content (AvgIpc) is 2.17. The Hall–Kier alpha value is -0.0200. The Kier molecular flexibility index (Phi) is 20.0. The van der Waals surface area contributed by atoms with E-state index in [4.69, 9.17) is 10.2 Å². The van der Waals surface area contributed by atoms with Crippen LogP contribution in [0.2, 0.25) is 0 Å². The molecule has 0 heterocycles. The van der Waals surface area contributed by atoms with Gasteiger partial charge in [0.1, 0.15) is 0 Å². The Morgan fingerprint density at radius 3 is 1.04 bits per heavy atom. The zero-order chi connectivity index (χ0) is 22.6. The van der Waals surface area contributed by atoms with Crippen molar-refractivity contribution in [2.75, 3.05) is 18.8 Å². The largest absolute Gasteiger partial charge is 0.393 e. The van der Waals surface area contributed by atoms with Gasteiger partial charge in [0.2, 0.25) is 9.05 Å². The van der Waals surface area contributed by atoms with E-state index in [0.29, 0.717) is 6.42 Å². The first-order valence-electron chi connectivity index (χ1n) is 7.64. The molecule has 0 saturated heterocycles. The quantitative estimate of drug-likeness (QED) is 0.368. The second kappa shape index (κ2) is 15.8. The smallest absolute Gasteiger partial charge is 0.264 e. The molecule has 0 amide bonds. The van der Waals surface area contributed by atoms with Crippen molar-refractivity contribution >= 4 is 40.0 Å². The predicted molar refractivity (Wildman–Crippen MR) is 111 cm³/mol. The maximum absolute atomic E-state index is 10.7. The van der Waals surface area contributed by atoms with Crippen molar-refractivity contribution < 1.29 is 43.8 Å². The van der Waals surface area contributed by atoms with Gasteiger partial charge < -0.3 is 10.2 Å². The summed E-state index contributed by atoms with van der Waals surface area (Å²) < 4.78 is 70.9. The molecule has 0 rings (SSSR count). The molecule has 10 nitrogen and oxygen atoms in total. The lowest BCUT2D eigenvalue weighted by molar-refractivity contribution is 0.102. The molecule has 0 radical (unpaired) electrons. The highest BCUT2D eigenvalue weighted by molar-refractivity contribution is 8.13. The normalized spacial score (nSPS) is 16.1. The monoisotopic (exact) mass is 494 g/mol. The molecular formula is C14H35ClO10S3. The average molecular weight is 495 g/mol. The van der Waals surface area contributed by atoms with Gasteiger partial charge in [-0.05, 0) is 34.1 Å². The first-order valence-corrected chi connectivity index (χ1v) is 14.0. The Morgan fingerprint density at radius 2 is 0.929 bits per heavy atom. The molecule has 0 fully saturated rings. The maximum Gasteiger partial charge on any atom is 0.264 e. The minimum Gasteiger partial charge on any atom is -0.393 e. The minimum absolute atomic E-state index is 0. The molecule has 0 aliphatic heterocycles. The van der Waals surface area contributed by atoms with Crippen molar-refractivity contribution in [1.29, 1.82) is 0 Å². The molecule has 2 N–H and O–H groups in total. The van der Waals surface area contributed by atoms with E-state index < -0.39 is 41.5 Å². The number of rotatable bonds is 8. The Morgan fingerprint density at radius 1 is 0.714 bits per heavy atom. The summed E-state index contributed by atoms with van der Waals surface area (Å²) in [5.74, 6) is 0. The Bertz CT molecular complexity index is 633. The lowest BCUT2D eigenvalue weighted by Crippen LogP contribution is -2.22. The van der Waals surface area contributed by atoms with E-state index in [0.717, 1.165) is 18.8 Å². The van der Waals surface area contributed by atoms with E-state index in [9.17, 15) is 25.3 Å². The summed E-state index contributed by atoms with van der Waals surface area (Å²) in [6.07, 6.45) is 1.47. The molecule has 0 aromatic heterocycles. The molecule has 0 aliphatic rings. The van der Waals surface area contributed by atoms with Crippen LogP contribution >= 0.6 is 10.7 Å². The molecule has 0 spiro atoms. The molecule has 0 bridgehead atoms. The van der Waals surface area contributed by atoms with Crippen LogP contribution in [0.15, 0.2) is 0 Å². The first kappa shape index (κ1) is 35.4. The van der Waals surface area contributed by atoms with Crippen LogP contribution in [0.5, 0.6) is 0 Å². The van der Waals surface area contributed by atoms with Gasteiger partial charge in [0.15, 0.2) is 0 Å². The van der Waals surface area contributed by atoms with Crippen molar-refractivity contribution in [1.82, 2.24) is 0 Å². The van der Waals surface area contributed by atoms with Crippen LogP contribution in [0, 0.1) is 0 Å². The summed E-state index contributed by atoms with van der Waals surface area (Å²) in [7, 11) is -5.73. The van der Waals surface area contributed by atoms with E-state index in [1.807, 2.05) is 0 Å². The summed E-state index contributed by atoms with van der Waals surface area (Å²) >= 11 is 0. The fourth-order valence-electron chi connectivity index (χ4n) is 1.64. The molecule has 4 atom stereocenters. The van der Waals surface area contributed by atoms with Crippen molar-refractivity contribution in [3.8, 4) is 0 Å². The van der Waals surface area contributed by atoms with Gasteiger partial charge >= 0.3 is 0 Å². The second-order valence-electron chi connectivity index (χ2n) is 6.07. The molecule has 0 aromatic rings. The molecule has 176 valence electrons. The number of aliphatic hydroxyl groups excluding tert-OH is 2. The molecule has 0 aliphatic carbocycles. The molecule has 28 heavy (non-hydrogen) atoms. The van der Waals surface area contributed by atoms with E-state index in [1.165, 1.54) is 13.8 Å². The summed E-state index contributed by atoms with van der Waals surface area (Å²) in [5, 5.41) is 17.1. The van der Waals surface area contributed by atoms with E-state index in [-0.39, 0.29) is 26.1 Å². The third-order valence-corrected chi connectivity index (χ3v) is 3.38. The zero-order valence-corrected chi connectivity index (χ0v) is 19.7. The first-order chi connectivity index (χ1) is 11.6. The SMILES string of the molecule is C.CS(=O)(=O)Cl.C[C@@H](O)C[C@@H](C)O.C[C@H](C[C@@H](C)OS(C)(=O)=O)OS(C)(=O)=O. The van der Waals surface area contributed by atoms with E-state index in [2.05, 4.69) is 19.0 Å². The lowest BCUT2D eigenvalue weighted by Gasteiger charge is -2.15. The fourth-order valence-corrected chi connectivity index (χ4v) is 2.99. The third-order valence-electron chi connectivity index (χ3n) is 2.02. The number of hydrogen-bond acceptors (Lipinski definition) is 10. The van der Waals surface area contributed by atoms with Crippen molar-refractivity contribution in [3.05, 3.63) is 0 Å². The third kappa shape index (κ3) is 50.1. The minimum atomic E-state index is -3.52. The Balaban J connectivity index is -0.000000184. The topological polar surface area (TPSA) is 161 Å². The standard InChI is InChI=1S/C7H16O6S2.C5H12O2.CH3ClO2S.CH4/c1-6(12-14(3,8)9)5-7(2)13-15(4,10)11;1-4(6)3-5(2)7;1-5(2,3)4;/h6-7H,5H2,1-4H3;4-7H,3H2,1-2H3;1H3;1H4/t6-,7-;4-,5-;;/m11../s1. The molecular weight excluding hydrogens is 460 g/mol. The van der Waals surface area contributed by atoms with Crippen LogP contribution < -0.4 is 0 Å². The summed E-state index contributed by atoms with van der Waals surface area (Å²) in [6, 6.07) is 0. The van der Waals surface area contributed by atoms with Crippen molar-refractivity contribution in [2.24, 2.45) is 0 Å². The van der Waals surface area contributed by atoms with E-state index in [1.54, 1.807) is 13.8 Å². The van der Waals surface area contributed by atoms with E-state index >= 15 is 0 Å². The van der Waals surface area contributed by atoms with Gasteiger partial charge in [-0.1, -0.05) is 7.43 Å². The van der Waals surface area contributed by atoms with Crippen LogP contribution in [-0.4, -0.2) is 78.6 Å². The predicted octanol–water partition coefficient (Wildman–Crippen LogP) is 1.06. The van der Waals surface area contributed by atoms with Gasteiger partial charge in [-0.3, -0.25) is 8.37 Å². The van der Waals surface area contributed by atoms with Crippen LogP contribution in [0.4, 0.5) is 0 Å². The molecule has 0 unspecified atom stereocenters. The van der Waals surface area contributed by atoms with Gasteiger partial charge in [0.25, 0.3) is 20.2 Å². The van der Waals surface area contributed by atoms with Crippen LogP contribution in [-0.2, 0) is 37.7 Å². The number of hydrogen-bond donors (Lipinski definition) is 2. The zero-order valence-electron chi connectivity index (χ0n) is 16.5. The van der Waals surface area contributed by atoms with Gasteiger partial charge in [0.05, 0.1) is 43.2 Å². The van der Waals surface area contributed by atoms with Gasteiger partial charge in [-0.2, -0.15) is 16.8 Å². The molecule has 0 saturated carbocycles. The molecule has 14 heteroatoms. The highest BCUT2D eigenvalue weighted by Gasteiger charge is 2.17. The summed E-state index contributed by atoms with van der Waals surface area (Å²) in [4.78, 5) is 0. The fraction of sp³-hybridized carbons (Fsp3) is 1.00. The van der Waals surface area contributed by atoms with Crippen molar-refractivity contribution in [2.45, 2.75) is 72.4 Å². The summed E-state index contributed by atoms with van der Waals surface area (Å²) in [5.41, 5.74) is 0. The highest BCUT2D eigenvalue weighted by Crippen LogP contribution is 2.09. The van der Waals surface area contributed by atoms with Gasteiger partial charge in [0, 0.05) is 17.1 Å². The Labute approximate surface area is 174 Å². The van der Waals surface area contributed by atoms with Crippen LogP contribution in [0.25, 0.3) is 0 Å². The number of aliphatic hydroxyl groups is 2. The molecule has 0 aromatic carbocycles. The summed E-state index contributed by atoms with van der Waals surface area (Å²) in [6.45, 7) is 6.38. The van der Waals surface area contributed by atoms with Gasteiger partial charge in [-0.25, -0.2) is 8.42 Å². The van der Waals surface area contributed by atoms with Crippen LogP contribution in [0.3, 0.4) is 0 Å². The second-order valence-corrected chi connectivity index (χ2v) is 12.3. The van der Waals surface area contributed by atoms with Crippen molar-refractivity contribution in [3.63, 3.8) is 0 Å². The lowest BCUT2D eigenvalue weighted by atomic mass is 10.2. The van der Waals surface area contributed by atoms with Crippen LogP contribution in [0.1, 0.15) is 48.0 Å².